The number of anilines is 2. The number of nitrogens with zero attached hydrogens (tertiary/aromatic N) is 3. The monoisotopic (exact) mass is 939 g/mol. The molecular weight excluding hydrogens is 905 g/mol. The van der Waals surface area contributed by atoms with Crippen LogP contribution in [0.4, 0.5) is 37.0 Å². The summed E-state index contributed by atoms with van der Waals surface area (Å²) in [7, 11) is -3.55. The Labute approximate surface area is 370 Å². The summed E-state index contributed by atoms with van der Waals surface area (Å²) in [4.78, 5) is 48.4. The van der Waals surface area contributed by atoms with Crippen molar-refractivity contribution < 1.29 is 58.6 Å². The molecular formula is C45H35F6N3O7S3. The third kappa shape index (κ3) is 9.37. The number of halogens is 6. The lowest BCUT2D eigenvalue weighted by Gasteiger charge is -2.36. The molecule has 4 heterocycles. The standard InChI is InChI=1S/C45H35F6N3O7S3/c1-26(55)54(31-11-3-29(4-12-31)42(56)52-22-19-37-35(21-24-62-37)40(52)27-5-13-32(14-6-27)60-44(46,47)48)39-25-36-38(63-39)20-23-53(43(57)30-9-17-34(18-10-30)64(2,58)59)41(36)28-7-15-33(16-8-28)61-45(49,50)51/h3-18,21,24-25,40-41H,19-20,22-23H2,1-2H3. The number of alkyl halides is 6. The molecule has 0 saturated carbocycles. The summed E-state index contributed by atoms with van der Waals surface area (Å²) in [5.74, 6) is -2.02. The van der Waals surface area contributed by atoms with Crippen LogP contribution in [-0.2, 0) is 27.5 Å². The quantitative estimate of drug-likeness (QED) is 0.133. The van der Waals surface area contributed by atoms with Crippen LogP contribution in [0.15, 0.2) is 119 Å². The van der Waals surface area contributed by atoms with Gasteiger partial charge in [0.15, 0.2) is 9.84 Å². The number of ether oxygens (including phenoxy) is 2. The van der Waals surface area contributed by atoms with Crippen LogP contribution >= 0.6 is 22.7 Å². The Balaban J connectivity index is 1.09. The van der Waals surface area contributed by atoms with Crippen LogP contribution in [0.1, 0.15) is 71.7 Å². The van der Waals surface area contributed by atoms with Crippen molar-refractivity contribution in [3.05, 3.63) is 158 Å². The largest absolute Gasteiger partial charge is 0.573 e. The summed E-state index contributed by atoms with van der Waals surface area (Å²) < 4.78 is 110. The molecule has 0 fully saturated rings. The number of amides is 3. The molecule has 64 heavy (non-hydrogen) atoms. The first kappa shape index (κ1) is 44.4. The predicted molar refractivity (Wildman–Crippen MR) is 227 cm³/mol. The molecule has 8 rings (SSSR count). The highest BCUT2D eigenvalue weighted by Gasteiger charge is 2.38. The lowest BCUT2D eigenvalue weighted by molar-refractivity contribution is -0.275. The van der Waals surface area contributed by atoms with E-state index in [1.807, 2.05) is 11.4 Å². The minimum atomic E-state index is -4.93. The van der Waals surface area contributed by atoms with Gasteiger partial charge in [-0.25, -0.2) is 8.42 Å². The van der Waals surface area contributed by atoms with Gasteiger partial charge in [-0.2, -0.15) is 0 Å². The zero-order chi connectivity index (χ0) is 45.7. The molecule has 4 aromatic carbocycles. The molecule has 19 heteroatoms. The number of carbonyl (C=O) groups is 3. The minimum Gasteiger partial charge on any atom is -0.406 e. The number of rotatable bonds is 9. The topological polar surface area (TPSA) is 114 Å². The maximum absolute atomic E-state index is 14.3. The maximum Gasteiger partial charge on any atom is 0.573 e. The Morgan fingerprint density at radius 2 is 1.12 bits per heavy atom. The van der Waals surface area contributed by atoms with Gasteiger partial charge in [-0.1, -0.05) is 24.3 Å². The molecule has 10 nitrogen and oxygen atoms in total. The van der Waals surface area contributed by atoms with Gasteiger partial charge in [0.1, 0.15) is 16.5 Å². The Bertz CT molecular complexity index is 2830. The van der Waals surface area contributed by atoms with Gasteiger partial charge in [-0.05, 0) is 125 Å². The lowest BCUT2D eigenvalue weighted by Crippen LogP contribution is -2.40. The summed E-state index contributed by atoms with van der Waals surface area (Å²) in [5.41, 5.74) is 3.44. The van der Waals surface area contributed by atoms with Crippen LogP contribution in [0.25, 0.3) is 0 Å². The van der Waals surface area contributed by atoms with E-state index in [4.69, 9.17) is 0 Å². The summed E-state index contributed by atoms with van der Waals surface area (Å²) in [5, 5.41) is 2.38. The van der Waals surface area contributed by atoms with Gasteiger partial charge < -0.3 is 19.3 Å². The summed E-state index contributed by atoms with van der Waals surface area (Å²) in [6.07, 6.45) is -7.81. The molecule has 0 aliphatic carbocycles. The van der Waals surface area contributed by atoms with Crippen molar-refractivity contribution >= 4 is 60.9 Å². The van der Waals surface area contributed by atoms with E-state index < -0.39 is 46.3 Å². The van der Waals surface area contributed by atoms with E-state index in [1.165, 1.54) is 95.2 Å². The van der Waals surface area contributed by atoms with Crippen molar-refractivity contribution in [2.45, 2.75) is 49.5 Å². The zero-order valence-electron chi connectivity index (χ0n) is 33.6. The number of fused-ring (bicyclic) bond motifs is 2. The van der Waals surface area contributed by atoms with Crippen LogP contribution in [-0.4, -0.2) is 68.0 Å². The van der Waals surface area contributed by atoms with Crippen molar-refractivity contribution in [2.24, 2.45) is 0 Å². The molecule has 2 unspecified atom stereocenters. The molecule has 0 radical (unpaired) electrons. The Morgan fingerprint density at radius 3 is 1.59 bits per heavy atom. The van der Waals surface area contributed by atoms with Gasteiger partial charge in [0.2, 0.25) is 5.91 Å². The van der Waals surface area contributed by atoms with Gasteiger partial charge >= 0.3 is 12.7 Å². The molecule has 332 valence electrons. The van der Waals surface area contributed by atoms with Crippen LogP contribution in [0.2, 0.25) is 0 Å². The smallest absolute Gasteiger partial charge is 0.406 e. The fraction of sp³-hybridized carbons (Fsp3) is 0.222. The first-order valence-electron chi connectivity index (χ1n) is 19.5. The molecule has 6 aromatic rings. The number of hydrogen-bond acceptors (Lipinski definition) is 9. The fourth-order valence-electron chi connectivity index (χ4n) is 8.05. The average Bonchev–Trinajstić information content (AvgIpc) is 3.90. The predicted octanol–water partition coefficient (Wildman–Crippen LogP) is 10.3. The Hall–Kier alpha value is -6.18. The molecule has 2 aromatic heterocycles. The molecule has 2 atom stereocenters. The molecule has 0 bridgehead atoms. The van der Waals surface area contributed by atoms with E-state index >= 15 is 0 Å². The molecule has 2 aliphatic rings. The molecule has 0 spiro atoms. The third-order valence-electron chi connectivity index (χ3n) is 10.8. The zero-order valence-corrected chi connectivity index (χ0v) is 36.1. The maximum atomic E-state index is 14.3. The first-order chi connectivity index (χ1) is 30.2. The third-order valence-corrected chi connectivity index (χ3v) is 14.1. The van der Waals surface area contributed by atoms with E-state index in [0.29, 0.717) is 52.3 Å². The summed E-state index contributed by atoms with van der Waals surface area (Å²) in [6.45, 7) is 1.88. The number of benzene rings is 4. The highest BCUT2D eigenvalue weighted by molar-refractivity contribution is 7.90. The second-order valence-corrected chi connectivity index (χ2v) is 19.1. The van der Waals surface area contributed by atoms with Crippen LogP contribution in [0.3, 0.4) is 0 Å². The lowest BCUT2D eigenvalue weighted by atomic mass is 9.92. The van der Waals surface area contributed by atoms with Crippen LogP contribution in [0.5, 0.6) is 11.5 Å². The average molecular weight is 940 g/mol. The normalized spacial score (nSPS) is 16.4. The highest BCUT2D eigenvalue weighted by Crippen LogP contribution is 2.46. The van der Waals surface area contributed by atoms with Gasteiger partial charge in [-0.15, -0.1) is 49.0 Å². The first-order valence-corrected chi connectivity index (χ1v) is 23.1. The van der Waals surface area contributed by atoms with Gasteiger partial charge in [0.25, 0.3) is 11.8 Å². The van der Waals surface area contributed by atoms with Crippen molar-refractivity contribution in [1.29, 1.82) is 0 Å². The van der Waals surface area contributed by atoms with E-state index in [2.05, 4.69) is 9.47 Å². The van der Waals surface area contributed by atoms with Gasteiger partial charge in [0, 0.05) is 52.8 Å². The summed E-state index contributed by atoms with van der Waals surface area (Å²) >= 11 is 2.84. The minimum absolute atomic E-state index is 0.0192. The van der Waals surface area contributed by atoms with E-state index in [-0.39, 0.29) is 34.6 Å². The van der Waals surface area contributed by atoms with E-state index in [9.17, 15) is 49.1 Å². The second-order valence-electron chi connectivity index (χ2n) is 15.0. The number of hydrogen-bond donors (Lipinski definition) is 0. The second kappa shape index (κ2) is 17.1. The Morgan fingerprint density at radius 1 is 0.656 bits per heavy atom. The molecule has 0 saturated heterocycles. The van der Waals surface area contributed by atoms with Crippen molar-refractivity contribution in [3.8, 4) is 11.5 Å². The molecule has 2 aliphatic heterocycles. The van der Waals surface area contributed by atoms with E-state index in [0.717, 1.165) is 33.7 Å². The SMILES string of the molecule is CC(=O)N(c1ccc(C(=O)N2CCc3sccc3C2c2ccc(OC(F)(F)F)cc2)cc1)c1cc2c(s1)CCN(C(=O)c1ccc(S(C)(=O)=O)cc1)C2c1ccc(OC(F)(F)F)cc1. The van der Waals surface area contributed by atoms with Gasteiger partial charge in [0.05, 0.1) is 17.0 Å². The van der Waals surface area contributed by atoms with Crippen molar-refractivity contribution in [3.63, 3.8) is 0 Å². The molecule has 3 amide bonds. The Kier molecular flexibility index (Phi) is 11.9. The van der Waals surface area contributed by atoms with Gasteiger partial charge in [-0.3, -0.25) is 19.3 Å². The highest BCUT2D eigenvalue weighted by atomic mass is 32.2. The molecule has 0 N–H and O–H groups in total. The number of thiophene rings is 2. The number of sulfone groups is 1. The van der Waals surface area contributed by atoms with Crippen LogP contribution < -0.4 is 14.4 Å². The van der Waals surface area contributed by atoms with Crippen molar-refractivity contribution in [2.75, 3.05) is 24.2 Å². The van der Waals surface area contributed by atoms with Crippen molar-refractivity contribution in [1.82, 2.24) is 9.80 Å². The fourth-order valence-corrected chi connectivity index (χ4v) is 10.8. The summed E-state index contributed by atoms with van der Waals surface area (Å²) in [6, 6.07) is 24.7. The van der Waals surface area contributed by atoms with E-state index in [1.54, 1.807) is 40.1 Å². The number of carbonyl (C=O) groups excluding carboxylic acids is 3. The van der Waals surface area contributed by atoms with Crippen LogP contribution in [0, 0.1) is 0 Å².